The van der Waals surface area contributed by atoms with E-state index in [0.29, 0.717) is 28.8 Å². The summed E-state index contributed by atoms with van der Waals surface area (Å²) in [5.41, 5.74) is 1.93. The summed E-state index contributed by atoms with van der Waals surface area (Å²) >= 11 is 0. The Morgan fingerprint density at radius 3 is 2.83 bits per heavy atom. The molecule has 0 fully saturated rings. The van der Waals surface area contributed by atoms with E-state index in [1.807, 2.05) is 0 Å². The quantitative estimate of drug-likeness (QED) is 0.938. The Bertz CT molecular complexity index is 723. The summed E-state index contributed by atoms with van der Waals surface area (Å²) < 4.78 is 15.8. The van der Waals surface area contributed by atoms with Gasteiger partial charge in [-0.3, -0.25) is 4.79 Å². The molecule has 6 nitrogen and oxygen atoms in total. The highest BCUT2D eigenvalue weighted by molar-refractivity contribution is 6.04. The molecule has 1 unspecified atom stereocenters. The second-order valence-corrected chi connectivity index (χ2v) is 5.80. The van der Waals surface area contributed by atoms with Crippen molar-refractivity contribution < 1.29 is 18.8 Å². The largest absolute Gasteiger partial charge is 0.493 e. The third kappa shape index (κ3) is 3.02. The molecule has 0 aliphatic heterocycles. The lowest BCUT2D eigenvalue weighted by atomic mass is 9.88. The number of fused-ring (bicyclic) bond motifs is 1. The average molecular weight is 316 g/mol. The van der Waals surface area contributed by atoms with Gasteiger partial charge in [0.25, 0.3) is 5.91 Å². The Kier molecular flexibility index (Phi) is 4.23. The van der Waals surface area contributed by atoms with E-state index in [4.69, 9.17) is 14.0 Å². The lowest BCUT2D eigenvalue weighted by Gasteiger charge is -2.16. The van der Waals surface area contributed by atoms with Gasteiger partial charge in [0.1, 0.15) is 5.76 Å². The third-order valence-electron chi connectivity index (χ3n) is 4.14. The van der Waals surface area contributed by atoms with Gasteiger partial charge in [-0.05, 0) is 30.9 Å². The van der Waals surface area contributed by atoms with Crippen molar-refractivity contribution in [2.75, 3.05) is 19.5 Å². The first-order valence-electron chi connectivity index (χ1n) is 7.63. The van der Waals surface area contributed by atoms with E-state index in [9.17, 15) is 4.79 Å². The summed E-state index contributed by atoms with van der Waals surface area (Å²) in [5, 5.41) is 6.80. The lowest BCUT2D eigenvalue weighted by Crippen LogP contribution is -2.18. The molecule has 3 rings (SSSR count). The maximum absolute atomic E-state index is 12.5. The number of aryl methyl sites for hydroxylation is 1. The molecule has 0 saturated carbocycles. The Balaban J connectivity index is 1.81. The highest BCUT2D eigenvalue weighted by Crippen LogP contribution is 2.31. The minimum atomic E-state index is -0.267. The van der Waals surface area contributed by atoms with Gasteiger partial charge in [0, 0.05) is 23.7 Å². The SMILES string of the molecule is COc1ccc(NC(=O)c2noc3c2CC(C)CC3)cc1OC. The van der Waals surface area contributed by atoms with Crippen LogP contribution in [0.1, 0.15) is 35.2 Å². The summed E-state index contributed by atoms with van der Waals surface area (Å²) in [7, 11) is 3.12. The number of hydrogen-bond acceptors (Lipinski definition) is 5. The van der Waals surface area contributed by atoms with Crippen molar-refractivity contribution in [3.05, 3.63) is 35.2 Å². The van der Waals surface area contributed by atoms with Crippen molar-refractivity contribution in [3.8, 4) is 11.5 Å². The fourth-order valence-electron chi connectivity index (χ4n) is 2.86. The van der Waals surface area contributed by atoms with E-state index < -0.39 is 0 Å². The van der Waals surface area contributed by atoms with Crippen molar-refractivity contribution in [2.24, 2.45) is 5.92 Å². The average Bonchev–Trinajstić information content (AvgIpc) is 2.97. The van der Waals surface area contributed by atoms with Crippen LogP contribution in [-0.2, 0) is 12.8 Å². The summed E-state index contributed by atoms with van der Waals surface area (Å²) in [4.78, 5) is 12.5. The maximum atomic E-state index is 12.5. The van der Waals surface area contributed by atoms with Gasteiger partial charge in [-0.1, -0.05) is 12.1 Å². The molecule has 2 aromatic rings. The second kappa shape index (κ2) is 6.32. The molecular formula is C17H20N2O4. The topological polar surface area (TPSA) is 73.6 Å². The zero-order chi connectivity index (χ0) is 16.4. The van der Waals surface area contributed by atoms with E-state index in [-0.39, 0.29) is 5.91 Å². The van der Waals surface area contributed by atoms with Crippen molar-refractivity contribution in [1.29, 1.82) is 0 Å². The van der Waals surface area contributed by atoms with Crippen LogP contribution in [0.3, 0.4) is 0 Å². The van der Waals surface area contributed by atoms with E-state index in [0.717, 1.165) is 30.6 Å². The fourth-order valence-corrected chi connectivity index (χ4v) is 2.86. The number of hydrogen-bond donors (Lipinski definition) is 1. The highest BCUT2D eigenvalue weighted by atomic mass is 16.5. The van der Waals surface area contributed by atoms with E-state index >= 15 is 0 Å². The minimum absolute atomic E-state index is 0.267. The van der Waals surface area contributed by atoms with Gasteiger partial charge in [-0.2, -0.15) is 0 Å². The van der Waals surface area contributed by atoms with Gasteiger partial charge < -0.3 is 19.3 Å². The zero-order valence-electron chi connectivity index (χ0n) is 13.5. The smallest absolute Gasteiger partial charge is 0.278 e. The third-order valence-corrected chi connectivity index (χ3v) is 4.14. The number of methoxy groups -OCH3 is 2. The zero-order valence-corrected chi connectivity index (χ0v) is 13.5. The number of amides is 1. The first-order chi connectivity index (χ1) is 11.1. The molecule has 23 heavy (non-hydrogen) atoms. The van der Waals surface area contributed by atoms with Crippen molar-refractivity contribution in [3.63, 3.8) is 0 Å². The Hall–Kier alpha value is -2.50. The highest BCUT2D eigenvalue weighted by Gasteiger charge is 2.27. The van der Waals surface area contributed by atoms with Gasteiger partial charge in [-0.15, -0.1) is 0 Å². The molecule has 0 radical (unpaired) electrons. The number of nitrogens with one attached hydrogen (secondary N) is 1. The van der Waals surface area contributed by atoms with Crippen LogP contribution in [0.5, 0.6) is 11.5 Å². The molecule has 1 N–H and O–H groups in total. The van der Waals surface area contributed by atoms with Gasteiger partial charge >= 0.3 is 0 Å². The van der Waals surface area contributed by atoms with Gasteiger partial charge in [0.15, 0.2) is 17.2 Å². The lowest BCUT2D eigenvalue weighted by molar-refractivity contribution is 0.101. The number of ether oxygens (including phenoxy) is 2. The number of rotatable bonds is 4. The number of aromatic nitrogens is 1. The van der Waals surface area contributed by atoms with E-state index in [2.05, 4.69) is 17.4 Å². The van der Waals surface area contributed by atoms with Crippen LogP contribution in [0.4, 0.5) is 5.69 Å². The molecular weight excluding hydrogens is 296 g/mol. The summed E-state index contributed by atoms with van der Waals surface area (Å²) in [6, 6.07) is 5.22. The minimum Gasteiger partial charge on any atom is -0.493 e. The van der Waals surface area contributed by atoms with Crippen LogP contribution in [0.15, 0.2) is 22.7 Å². The molecule has 0 spiro atoms. The molecule has 1 aromatic carbocycles. The van der Waals surface area contributed by atoms with Crippen LogP contribution in [0.2, 0.25) is 0 Å². The summed E-state index contributed by atoms with van der Waals surface area (Å²) in [6.45, 7) is 2.17. The first kappa shape index (κ1) is 15.4. The van der Waals surface area contributed by atoms with E-state index in [1.54, 1.807) is 32.4 Å². The Morgan fingerprint density at radius 2 is 2.09 bits per heavy atom. The van der Waals surface area contributed by atoms with Crippen LogP contribution in [-0.4, -0.2) is 25.3 Å². The molecule has 0 bridgehead atoms. The molecule has 1 aromatic heterocycles. The Labute approximate surface area is 134 Å². The van der Waals surface area contributed by atoms with Crippen molar-refractivity contribution in [2.45, 2.75) is 26.2 Å². The van der Waals surface area contributed by atoms with Gasteiger partial charge in [0.05, 0.1) is 14.2 Å². The summed E-state index contributed by atoms with van der Waals surface area (Å²) in [6.07, 6.45) is 2.74. The molecule has 1 amide bonds. The molecule has 1 aliphatic carbocycles. The molecule has 0 saturated heterocycles. The standard InChI is InChI=1S/C17H20N2O4/c1-10-4-6-13-12(8-10)16(19-23-13)17(20)18-11-5-7-14(21-2)15(9-11)22-3/h5,7,9-10H,4,6,8H2,1-3H3,(H,18,20). The van der Waals surface area contributed by atoms with Crippen molar-refractivity contribution in [1.82, 2.24) is 5.16 Å². The van der Waals surface area contributed by atoms with Crippen LogP contribution in [0, 0.1) is 5.92 Å². The first-order valence-corrected chi connectivity index (χ1v) is 7.63. The molecule has 1 heterocycles. The maximum Gasteiger partial charge on any atom is 0.278 e. The summed E-state index contributed by atoms with van der Waals surface area (Å²) in [5.74, 6) is 2.27. The van der Waals surface area contributed by atoms with Crippen LogP contribution in [0.25, 0.3) is 0 Å². The molecule has 1 aliphatic rings. The predicted molar refractivity (Wildman–Crippen MR) is 85.2 cm³/mol. The Morgan fingerprint density at radius 1 is 1.30 bits per heavy atom. The molecule has 122 valence electrons. The fraction of sp³-hybridized carbons (Fsp3) is 0.412. The molecule has 6 heteroatoms. The van der Waals surface area contributed by atoms with Crippen LogP contribution >= 0.6 is 0 Å². The van der Waals surface area contributed by atoms with Gasteiger partial charge in [0.2, 0.25) is 0 Å². The van der Waals surface area contributed by atoms with Crippen LogP contribution < -0.4 is 14.8 Å². The number of carbonyl (C=O) groups excluding carboxylic acids is 1. The predicted octanol–water partition coefficient (Wildman–Crippen LogP) is 3.07. The van der Waals surface area contributed by atoms with Crippen molar-refractivity contribution >= 4 is 11.6 Å². The monoisotopic (exact) mass is 316 g/mol. The number of benzene rings is 1. The van der Waals surface area contributed by atoms with E-state index in [1.165, 1.54) is 0 Å². The number of anilines is 1. The number of carbonyl (C=O) groups is 1. The molecule has 1 atom stereocenters. The normalized spacial score (nSPS) is 16.6. The number of nitrogens with zero attached hydrogens (tertiary/aromatic N) is 1. The van der Waals surface area contributed by atoms with Gasteiger partial charge in [-0.25, -0.2) is 0 Å². The second-order valence-electron chi connectivity index (χ2n) is 5.80.